The second-order valence-corrected chi connectivity index (χ2v) is 10.5. The van der Waals surface area contributed by atoms with Crippen LogP contribution in [0.1, 0.15) is 43.9 Å². The summed E-state index contributed by atoms with van der Waals surface area (Å²) in [6.45, 7) is 4.96. The molecule has 0 aromatic heterocycles. The number of Topliss-reactive ketones (excluding diaryl/α,β-unsaturated/α-hetero) is 1. The Hall–Kier alpha value is -2.75. The SMILES string of the molecule is CC1(C)CC(=O)C2=C(C1)Nc1ccccc1N(Cc1ccccc1)[C@H]2c1ccc(Cl)c(Cl)c1. The zero-order valence-electron chi connectivity index (χ0n) is 18.7. The number of para-hydroxylation sites is 2. The second kappa shape index (κ2) is 8.55. The van der Waals surface area contributed by atoms with Crippen molar-refractivity contribution >= 4 is 40.4 Å². The predicted octanol–water partition coefficient (Wildman–Crippen LogP) is 7.81. The van der Waals surface area contributed by atoms with Gasteiger partial charge in [0.25, 0.3) is 0 Å². The van der Waals surface area contributed by atoms with Crippen LogP contribution in [0.25, 0.3) is 0 Å². The Balaban J connectivity index is 1.76. The lowest BCUT2D eigenvalue weighted by atomic mass is 9.73. The molecule has 1 N–H and O–H groups in total. The third-order valence-electron chi connectivity index (χ3n) is 6.46. The van der Waals surface area contributed by atoms with Crippen molar-refractivity contribution in [3.8, 4) is 0 Å². The Bertz CT molecular complexity index is 1250. The van der Waals surface area contributed by atoms with Crippen LogP contribution in [-0.4, -0.2) is 5.78 Å². The van der Waals surface area contributed by atoms with Gasteiger partial charge in [-0.2, -0.15) is 0 Å². The lowest BCUT2D eigenvalue weighted by molar-refractivity contribution is -0.118. The topological polar surface area (TPSA) is 32.3 Å². The summed E-state index contributed by atoms with van der Waals surface area (Å²) in [5.74, 6) is 0.177. The van der Waals surface area contributed by atoms with Gasteiger partial charge in [0.1, 0.15) is 0 Å². The molecule has 33 heavy (non-hydrogen) atoms. The average Bonchev–Trinajstić information content (AvgIpc) is 2.90. The Labute approximate surface area is 205 Å². The van der Waals surface area contributed by atoms with Crippen molar-refractivity contribution in [1.82, 2.24) is 0 Å². The van der Waals surface area contributed by atoms with Crippen LogP contribution in [0.5, 0.6) is 0 Å². The number of allylic oxidation sites excluding steroid dienone is 1. The number of anilines is 2. The van der Waals surface area contributed by atoms with Gasteiger partial charge >= 0.3 is 0 Å². The fourth-order valence-corrected chi connectivity index (χ4v) is 5.34. The summed E-state index contributed by atoms with van der Waals surface area (Å²) in [5, 5.41) is 4.64. The number of nitrogens with one attached hydrogen (secondary N) is 1. The number of fused-ring (bicyclic) bond motifs is 1. The van der Waals surface area contributed by atoms with Gasteiger partial charge in [0.05, 0.1) is 27.5 Å². The van der Waals surface area contributed by atoms with Crippen LogP contribution < -0.4 is 10.2 Å². The highest BCUT2D eigenvalue weighted by Gasteiger charge is 2.41. The number of hydrogen-bond acceptors (Lipinski definition) is 3. The molecule has 2 aliphatic rings. The fraction of sp³-hybridized carbons (Fsp3) is 0.250. The minimum atomic E-state index is -0.283. The van der Waals surface area contributed by atoms with Gasteiger partial charge in [-0.25, -0.2) is 0 Å². The van der Waals surface area contributed by atoms with Crippen LogP contribution in [0.4, 0.5) is 11.4 Å². The molecule has 1 atom stereocenters. The number of nitrogens with zero attached hydrogens (tertiary/aromatic N) is 1. The largest absolute Gasteiger partial charge is 0.357 e. The van der Waals surface area contributed by atoms with Crippen molar-refractivity contribution in [2.45, 2.75) is 39.3 Å². The van der Waals surface area contributed by atoms with Gasteiger partial charge in [-0.1, -0.05) is 85.6 Å². The van der Waals surface area contributed by atoms with Crippen LogP contribution in [0.3, 0.4) is 0 Å². The number of ketones is 1. The summed E-state index contributed by atoms with van der Waals surface area (Å²) in [6.07, 6.45) is 1.32. The van der Waals surface area contributed by atoms with E-state index in [1.807, 2.05) is 48.5 Å². The lowest BCUT2D eigenvalue weighted by Gasteiger charge is -2.38. The predicted molar refractivity (Wildman–Crippen MR) is 137 cm³/mol. The molecule has 1 aliphatic carbocycles. The molecule has 1 heterocycles. The minimum Gasteiger partial charge on any atom is -0.357 e. The quantitative estimate of drug-likeness (QED) is 0.418. The summed E-state index contributed by atoms with van der Waals surface area (Å²) in [5.41, 5.74) is 5.90. The molecule has 0 radical (unpaired) electrons. The standard InChI is InChI=1S/C28H26Cl2N2O/c1-28(2)15-23-26(25(33)16-28)27(19-12-13-20(29)21(30)14-19)32(17-18-8-4-3-5-9-18)24-11-7-6-10-22(24)31-23/h3-14,27,31H,15-17H2,1-2H3/t27-/m0/s1. The van der Waals surface area contributed by atoms with Crippen molar-refractivity contribution in [3.05, 3.63) is 105 Å². The summed E-state index contributed by atoms with van der Waals surface area (Å²) in [6, 6.07) is 24.0. The number of carbonyl (C=O) groups is 1. The Morgan fingerprint density at radius 1 is 0.939 bits per heavy atom. The van der Waals surface area contributed by atoms with Gasteiger partial charge in [0.15, 0.2) is 5.78 Å². The van der Waals surface area contributed by atoms with E-state index in [4.69, 9.17) is 23.2 Å². The van der Waals surface area contributed by atoms with Crippen LogP contribution in [0.15, 0.2) is 84.1 Å². The Kier molecular flexibility index (Phi) is 5.72. The highest BCUT2D eigenvalue weighted by atomic mass is 35.5. The van der Waals surface area contributed by atoms with E-state index in [0.717, 1.165) is 34.6 Å². The first kappa shape index (κ1) is 22.1. The van der Waals surface area contributed by atoms with Crippen LogP contribution >= 0.6 is 23.2 Å². The van der Waals surface area contributed by atoms with E-state index in [0.29, 0.717) is 23.0 Å². The van der Waals surface area contributed by atoms with Gasteiger partial charge in [0.2, 0.25) is 0 Å². The van der Waals surface area contributed by atoms with Crippen LogP contribution in [0, 0.1) is 5.41 Å². The molecule has 0 spiro atoms. The van der Waals surface area contributed by atoms with Gasteiger partial charge < -0.3 is 10.2 Å². The third kappa shape index (κ3) is 4.28. The molecular weight excluding hydrogens is 451 g/mol. The van der Waals surface area contributed by atoms with Gasteiger partial charge in [-0.05, 0) is 47.2 Å². The van der Waals surface area contributed by atoms with E-state index in [1.54, 1.807) is 0 Å². The molecule has 0 saturated heterocycles. The molecule has 0 bridgehead atoms. The summed E-state index contributed by atoms with van der Waals surface area (Å²) >= 11 is 12.7. The maximum atomic E-state index is 13.7. The van der Waals surface area contributed by atoms with Crippen molar-refractivity contribution in [2.24, 2.45) is 5.41 Å². The van der Waals surface area contributed by atoms with E-state index < -0.39 is 0 Å². The fourth-order valence-electron chi connectivity index (χ4n) is 5.04. The third-order valence-corrected chi connectivity index (χ3v) is 7.20. The maximum Gasteiger partial charge on any atom is 0.163 e. The number of hydrogen-bond donors (Lipinski definition) is 1. The average molecular weight is 477 g/mol. The molecule has 5 rings (SSSR count). The van der Waals surface area contributed by atoms with Crippen molar-refractivity contribution in [3.63, 3.8) is 0 Å². The van der Waals surface area contributed by atoms with Crippen molar-refractivity contribution in [2.75, 3.05) is 10.2 Å². The van der Waals surface area contributed by atoms with Gasteiger partial charge in [-0.15, -0.1) is 0 Å². The van der Waals surface area contributed by atoms with E-state index in [-0.39, 0.29) is 17.2 Å². The number of benzene rings is 3. The minimum absolute atomic E-state index is 0.103. The van der Waals surface area contributed by atoms with E-state index >= 15 is 0 Å². The number of carbonyl (C=O) groups excluding carboxylic acids is 1. The molecule has 5 heteroatoms. The van der Waals surface area contributed by atoms with Gasteiger partial charge in [-0.3, -0.25) is 4.79 Å². The molecule has 0 fully saturated rings. The Morgan fingerprint density at radius 2 is 1.67 bits per heavy atom. The zero-order chi connectivity index (χ0) is 23.2. The van der Waals surface area contributed by atoms with E-state index in [9.17, 15) is 4.79 Å². The lowest BCUT2D eigenvalue weighted by Crippen LogP contribution is -2.36. The Morgan fingerprint density at radius 3 is 2.42 bits per heavy atom. The summed E-state index contributed by atoms with van der Waals surface area (Å²) in [4.78, 5) is 16.0. The molecule has 3 nitrogen and oxygen atoms in total. The number of rotatable bonds is 3. The smallest absolute Gasteiger partial charge is 0.163 e. The first-order valence-electron chi connectivity index (χ1n) is 11.2. The highest BCUT2D eigenvalue weighted by Crippen LogP contribution is 2.49. The molecule has 3 aromatic rings. The zero-order valence-corrected chi connectivity index (χ0v) is 20.3. The first-order chi connectivity index (χ1) is 15.8. The van der Waals surface area contributed by atoms with E-state index in [2.05, 4.69) is 48.3 Å². The molecule has 3 aromatic carbocycles. The number of halogens is 2. The second-order valence-electron chi connectivity index (χ2n) is 9.66. The molecule has 0 unspecified atom stereocenters. The van der Waals surface area contributed by atoms with Crippen molar-refractivity contribution < 1.29 is 4.79 Å². The molecule has 1 aliphatic heterocycles. The van der Waals surface area contributed by atoms with Crippen LogP contribution in [-0.2, 0) is 11.3 Å². The monoisotopic (exact) mass is 476 g/mol. The van der Waals surface area contributed by atoms with Crippen molar-refractivity contribution in [1.29, 1.82) is 0 Å². The summed E-state index contributed by atoms with van der Waals surface area (Å²) < 4.78 is 0. The first-order valence-corrected chi connectivity index (χ1v) is 12.0. The van der Waals surface area contributed by atoms with E-state index in [1.165, 1.54) is 5.56 Å². The molecular formula is C28H26Cl2N2O. The molecule has 0 amide bonds. The maximum absolute atomic E-state index is 13.7. The molecule has 168 valence electrons. The van der Waals surface area contributed by atoms with Gasteiger partial charge in [0, 0.05) is 24.2 Å². The van der Waals surface area contributed by atoms with Crippen LogP contribution in [0.2, 0.25) is 10.0 Å². The normalized spacial score (nSPS) is 19.5. The highest BCUT2D eigenvalue weighted by molar-refractivity contribution is 6.42. The molecule has 0 saturated carbocycles. The summed E-state index contributed by atoms with van der Waals surface area (Å²) in [7, 11) is 0.